The van der Waals surface area contributed by atoms with E-state index in [9.17, 15) is 0 Å². The lowest BCUT2D eigenvalue weighted by atomic mass is 10.1. The number of nitrogens with one attached hydrogen (secondary N) is 2. The van der Waals surface area contributed by atoms with Crippen LogP contribution in [0.5, 0.6) is 0 Å². The van der Waals surface area contributed by atoms with Gasteiger partial charge in [0, 0.05) is 23.8 Å². The molecular formula is C19H20ClN5. The molecule has 0 aliphatic rings. The molecule has 0 aliphatic heterocycles. The van der Waals surface area contributed by atoms with Crippen molar-refractivity contribution < 1.29 is 0 Å². The Labute approximate surface area is 152 Å². The number of anilines is 2. The van der Waals surface area contributed by atoms with Gasteiger partial charge >= 0.3 is 0 Å². The van der Waals surface area contributed by atoms with E-state index >= 15 is 0 Å². The minimum absolute atomic E-state index is 0.624. The highest BCUT2D eigenvalue weighted by molar-refractivity contribution is 6.30. The van der Waals surface area contributed by atoms with Gasteiger partial charge in [-0.15, -0.1) is 0 Å². The van der Waals surface area contributed by atoms with Gasteiger partial charge in [-0.25, -0.2) is 9.97 Å². The summed E-state index contributed by atoms with van der Waals surface area (Å²) in [5.74, 6) is 2.30. The second-order valence-electron chi connectivity index (χ2n) is 5.67. The second-order valence-corrected chi connectivity index (χ2v) is 6.10. The molecule has 0 atom stereocenters. The molecule has 0 radical (unpaired) electrons. The normalized spacial score (nSPS) is 10.5. The molecule has 25 heavy (non-hydrogen) atoms. The van der Waals surface area contributed by atoms with Gasteiger partial charge in [-0.2, -0.15) is 0 Å². The first-order chi connectivity index (χ1) is 12.2. The van der Waals surface area contributed by atoms with E-state index in [0.717, 1.165) is 41.1 Å². The van der Waals surface area contributed by atoms with Gasteiger partial charge in [0.25, 0.3) is 0 Å². The maximum atomic E-state index is 6.01. The molecular weight excluding hydrogens is 334 g/mol. The third-order valence-electron chi connectivity index (χ3n) is 3.62. The van der Waals surface area contributed by atoms with Crippen molar-refractivity contribution in [2.45, 2.75) is 19.9 Å². The van der Waals surface area contributed by atoms with E-state index in [1.54, 1.807) is 6.20 Å². The van der Waals surface area contributed by atoms with E-state index in [-0.39, 0.29) is 0 Å². The zero-order chi connectivity index (χ0) is 17.5. The molecule has 0 bridgehead atoms. The van der Waals surface area contributed by atoms with Gasteiger partial charge in [-0.05, 0) is 43.2 Å². The highest BCUT2D eigenvalue weighted by Crippen LogP contribution is 2.14. The zero-order valence-electron chi connectivity index (χ0n) is 14.0. The number of aryl methyl sites for hydroxylation is 1. The van der Waals surface area contributed by atoms with Crippen molar-refractivity contribution in [2.75, 3.05) is 17.2 Å². The predicted molar refractivity (Wildman–Crippen MR) is 102 cm³/mol. The number of hydrogen-bond donors (Lipinski definition) is 2. The van der Waals surface area contributed by atoms with Gasteiger partial charge < -0.3 is 10.6 Å². The van der Waals surface area contributed by atoms with Gasteiger partial charge in [-0.1, -0.05) is 29.8 Å². The topological polar surface area (TPSA) is 62.7 Å². The number of benzene rings is 1. The van der Waals surface area contributed by atoms with Crippen LogP contribution in [-0.2, 0) is 13.0 Å². The van der Waals surface area contributed by atoms with Crippen molar-refractivity contribution in [3.63, 3.8) is 0 Å². The summed E-state index contributed by atoms with van der Waals surface area (Å²) < 4.78 is 0. The highest BCUT2D eigenvalue weighted by Gasteiger charge is 2.03. The lowest BCUT2D eigenvalue weighted by Gasteiger charge is -2.10. The smallest absolute Gasteiger partial charge is 0.132 e. The first kappa shape index (κ1) is 17.2. The fourth-order valence-corrected chi connectivity index (χ4v) is 2.67. The summed E-state index contributed by atoms with van der Waals surface area (Å²) in [5, 5.41) is 7.39. The fraction of sp³-hybridized carbons (Fsp3) is 0.211. The molecule has 0 amide bonds. The number of pyridine rings is 1. The molecule has 0 unspecified atom stereocenters. The number of nitrogens with zero attached hydrogens (tertiary/aromatic N) is 3. The average Bonchev–Trinajstić information content (AvgIpc) is 2.61. The Morgan fingerprint density at radius 1 is 0.960 bits per heavy atom. The van der Waals surface area contributed by atoms with Crippen molar-refractivity contribution in [1.29, 1.82) is 0 Å². The number of hydrogen-bond acceptors (Lipinski definition) is 5. The largest absolute Gasteiger partial charge is 0.370 e. The van der Waals surface area contributed by atoms with Gasteiger partial charge in [-0.3, -0.25) is 4.98 Å². The average molecular weight is 354 g/mol. The van der Waals surface area contributed by atoms with Crippen molar-refractivity contribution in [3.05, 3.63) is 76.8 Å². The number of rotatable bonds is 7. The quantitative estimate of drug-likeness (QED) is 0.669. The SMILES string of the molecule is Cc1nc(NCCc2cccc(Cl)c2)cc(NCc2ccccn2)n1. The van der Waals surface area contributed by atoms with Crippen molar-refractivity contribution >= 4 is 23.2 Å². The number of halogens is 1. The summed E-state index contributed by atoms with van der Waals surface area (Å²) in [5.41, 5.74) is 2.16. The van der Waals surface area contributed by atoms with E-state index in [4.69, 9.17) is 11.6 Å². The highest BCUT2D eigenvalue weighted by atomic mass is 35.5. The van der Waals surface area contributed by atoms with Crippen LogP contribution in [0.3, 0.4) is 0 Å². The Kier molecular flexibility index (Phi) is 5.80. The van der Waals surface area contributed by atoms with Crippen LogP contribution < -0.4 is 10.6 Å². The monoisotopic (exact) mass is 353 g/mol. The third-order valence-corrected chi connectivity index (χ3v) is 3.86. The van der Waals surface area contributed by atoms with Crippen LogP contribution >= 0.6 is 11.6 Å². The van der Waals surface area contributed by atoms with Crippen molar-refractivity contribution in [1.82, 2.24) is 15.0 Å². The number of aromatic nitrogens is 3. The first-order valence-corrected chi connectivity index (χ1v) is 8.54. The molecule has 3 aromatic rings. The minimum atomic E-state index is 0.624. The van der Waals surface area contributed by atoms with E-state index in [0.29, 0.717) is 6.54 Å². The van der Waals surface area contributed by atoms with E-state index in [2.05, 4.69) is 31.7 Å². The Bertz CT molecular complexity index is 823. The van der Waals surface area contributed by atoms with Crippen LogP contribution in [0.4, 0.5) is 11.6 Å². The van der Waals surface area contributed by atoms with Gasteiger partial charge in [0.15, 0.2) is 0 Å². The van der Waals surface area contributed by atoms with E-state index < -0.39 is 0 Å². The second kappa shape index (κ2) is 8.44. The molecule has 0 aliphatic carbocycles. The molecule has 128 valence electrons. The molecule has 5 nitrogen and oxygen atoms in total. The molecule has 0 fully saturated rings. The molecule has 2 aromatic heterocycles. The van der Waals surface area contributed by atoms with Crippen LogP contribution in [-0.4, -0.2) is 21.5 Å². The summed E-state index contributed by atoms with van der Waals surface area (Å²) in [4.78, 5) is 13.1. The van der Waals surface area contributed by atoms with Gasteiger partial charge in [0.1, 0.15) is 17.5 Å². The van der Waals surface area contributed by atoms with Crippen LogP contribution in [0.2, 0.25) is 5.02 Å². The lowest BCUT2D eigenvalue weighted by Crippen LogP contribution is -2.09. The van der Waals surface area contributed by atoms with Gasteiger partial charge in [0.05, 0.1) is 12.2 Å². The molecule has 0 spiro atoms. The summed E-state index contributed by atoms with van der Waals surface area (Å²) in [6.45, 7) is 3.28. The minimum Gasteiger partial charge on any atom is -0.370 e. The predicted octanol–water partition coefficient (Wildman–Crippen LogP) is 4.10. The van der Waals surface area contributed by atoms with Crippen LogP contribution in [0.1, 0.15) is 17.1 Å². The van der Waals surface area contributed by atoms with Gasteiger partial charge in [0.2, 0.25) is 0 Å². The van der Waals surface area contributed by atoms with Crippen LogP contribution in [0.25, 0.3) is 0 Å². The van der Waals surface area contributed by atoms with Crippen molar-refractivity contribution in [2.24, 2.45) is 0 Å². The maximum Gasteiger partial charge on any atom is 0.132 e. The Morgan fingerprint density at radius 2 is 1.80 bits per heavy atom. The van der Waals surface area contributed by atoms with Crippen LogP contribution in [0.15, 0.2) is 54.7 Å². The third kappa shape index (κ3) is 5.43. The summed E-state index contributed by atoms with van der Waals surface area (Å²) in [6.07, 6.45) is 2.66. The van der Waals surface area contributed by atoms with Crippen molar-refractivity contribution in [3.8, 4) is 0 Å². The molecule has 0 saturated carbocycles. The fourth-order valence-electron chi connectivity index (χ4n) is 2.46. The summed E-state index contributed by atoms with van der Waals surface area (Å²) in [6, 6.07) is 15.7. The summed E-state index contributed by atoms with van der Waals surface area (Å²) in [7, 11) is 0. The molecule has 3 rings (SSSR count). The standard InChI is InChI=1S/C19H20ClN5/c1-14-24-18(22-10-8-15-5-4-6-16(20)11-15)12-19(25-14)23-13-17-7-2-3-9-21-17/h2-7,9,11-12H,8,10,13H2,1H3,(H2,22,23,24,25). The Morgan fingerprint density at radius 3 is 2.56 bits per heavy atom. The summed E-state index contributed by atoms with van der Waals surface area (Å²) >= 11 is 6.01. The first-order valence-electron chi connectivity index (χ1n) is 8.17. The van der Waals surface area contributed by atoms with Crippen LogP contribution in [0, 0.1) is 6.92 Å². The van der Waals surface area contributed by atoms with E-state index in [1.165, 1.54) is 5.56 Å². The lowest BCUT2D eigenvalue weighted by molar-refractivity contribution is 0.968. The Balaban J connectivity index is 1.57. The molecule has 0 saturated heterocycles. The molecule has 6 heteroatoms. The molecule has 2 N–H and O–H groups in total. The maximum absolute atomic E-state index is 6.01. The van der Waals surface area contributed by atoms with E-state index in [1.807, 2.05) is 49.4 Å². The molecule has 1 aromatic carbocycles. The molecule has 2 heterocycles. The Hall–Kier alpha value is -2.66. The zero-order valence-corrected chi connectivity index (χ0v) is 14.8.